The van der Waals surface area contributed by atoms with E-state index in [2.05, 4.69) is 15.4 Å². The number of carbonyl (C=O) groups excluding carboxylic acids is 2. The molecular weight excluding hydrogens is 372 g/mol. The van der Waals surface area contributed by atoms with Gasteiger partial charge in [0.1, 0.15) is 5.75 Å². The lowest BCUT2D eigenvalue weighted by Crippen LogP contribution is -2.21. The van der Waals surface area contributed by atoms with Crippen LogP contribution < -0.4 is 10.1 Å². The number of ether oxygens (including phenoxy) is 2. The molecule has 152 valence electrons. The van der Waals surface area contributed by atoms with E-state index in [0.717, 1.165) is 28.3 Å². The molecule has 8 heteroatoms. The molecule has 1 N–H and O–H groups in total. The van der Waals surface area contributed by atoms with Crippen molar-refractivity contribution in [1.82, 2.24) is 14.6 Å². The number of amides is 1. The summed E-state index contributed by atoms with van der Waals surface area (Å²) in [6.45, 7) is 5.42. The molecule has 1 aromatic carbocycles. The van der Waals surface area contributed by atoms with Gasteiger partial charge in [-0.25, -0.2) is 9.50 Å². The zero-order chi connectivity index (χ0) is 21.0. The summed E-state index contributed by atoms with van der Waals surface area (Å²) < 4.78 is 12.1. The highest BCUT2D eigenvalue weighted by atomic mass is 16.5. The van der Waals surface area contributed by atoms with Gasteiger partial charge in [0, 0.05) is 23.9 Å². The standard InChI is InChI=1S/C21H24N4O4/c1-13-11-19-22-14(2)16(15(3)25(19)24-13)9-10-21(27)29-12-20(26)23-17-7-5-6-8-18(17)28-4/h5-8,11H,9-10,12H2,1-4H3,(H,23,26). The highest BCUT2D eigenvalue weighted by Gasteiger charge is 2.14. The molecule has 3 rings (SSSR count). The Labute approximate surface area is 168 Å². The van der Waals surface area contributed by atoms with Crippen molar-refractivity contribution in [2.75, 3.05) is 19.0 Å². The molecule has 0 atom stereocenters. The molecule has 3 aromatic rings. The van der Waals surface area contributed by atoms with Gasteiger partial charge in [-0.2, -0.15) is 5.10 Å². The molecule has 0 radical (unpaired) electrons. The molecule has 29 heavy (non-hydrogen) atoms. The zero-order valence-electron chi connectivity index (χ0n) is 17.0. The molecule has 0 saturated carbocycles. The molecule has 2 aromatic heterocycles. The van der Waals surface area contributed by atoms with Crippen LogP contribution in [0.2, 0.25) is 0 Å². The van der Waals surface area contributed by atoms with Crippen LogP contribution >= 0.6 is 0 Å². The number of methoxy groups -OCH3 is 1. The van der Waals surface area contributed by atoms with E-state index in [9.17, 15) is 9.59 Å². The van der Waals surface area contributed by atoms with Gasteiger partial charge in [-0.05, 0) is 44.9 Å². The highest BCUT2D eigenvalue weighted by molar-refractivity contribution is 5.94. The second-order valence-corrected chi connectivity index (χ2v) is 6.73. The fourth-order valence-electron chi connectivity index (χ4n) is 3.18. The van der Waals surface area contributed by atoms with Crippen LogP contribution in [0.25, 0.3) is 5.65 Å². The van der Waals surface area contributed by atoms with E-state index >= 15 is 0 Å². The van der Waals surface area contributed by atoms with Crippen molar-refractivity contribution in [1.29, 1.82) is 0 Å². The number of esters is 1. The van der Waals surface area contributed by atoms with Crippen LogP contribution in [0.1, 0.15) is 29.1 Å². The molecule has 0 unspecified atom stereocenters. The van der Waals surface area contributed by atoms with Crippen molar-refractivity contribution in [2.24, 2.45) is 0 Å². The van der Waals surface area contributed by atoms with Crippen LogP contribution in [0.15, 0.2) is 30.3 Å². The fraction of sp³-hybridized carbons (Fsp3) is 0.333. The van der Waals surface area contributed by atoms with Crippen molar-refractivity contribution < 1.29 is 19.1 Å². The molecule has 8 nitrogen and oxygen atoms in total. The van der Waals surface area contributed by atoms with E-state index in [-0.39, 0.29) is 13.0 Å². The number of nitrogens with one attached hydrogen (secondary N) is 1. The minimum absolute atomic E-state index is 0.150. The number of aryl methyl sites for hydroxylation is 3. The largest absolute Gasteiger partial charge is 0.495 e. The number of hydrogen-bond donors (Lipinski definition) is 1. The number of anilines is 1. The van der Waals surface area contributed by atoms with E-state index in [4.69, 9.17) is 9.47 Å². The summed E-state index contributed by atoms with van der Waals surface area (Å²) in [5, 5.41) is 7.10. The van der Waals surface area contributed by atoms with E-state index < -0.39 is 11.9 Å². The topological polar surface area (TPSA) is 94.8 Å². The van der Waals surface area contributed by atoms with E-state index in [1.807, 2.05) is 26.8 Å². The fourth-order valence-corrected chi connectivity index (χ4v) is 3.18. The van der Waals surface area contributed by atoms with Gasteiger partial charge in [-0.1, -0.05) is 12.1 Å². The summed E-state index contributed by atoms with van der Waals surface area (Å²) in [6, 6.07) is 8.94. The maximum Gasteiger partial charge on any atom is 0.306 e. The van der Waals surface area contributed by atoms with Gasteiger partial charge >= 0.3 is 5.97 Å². The quantitative estimate of drug-likeness (QED) is 0.617. The molecule has 0 aliphatic carbocycles. The van der Waals surface area contributed by atoms with Crippen LogP contribution in [0.3, 0.4) is 0 Å². The predicted molar refractivity (Wildman–Crippen MR) is 108 cm³/mol. The van der Waals surface area contributed by atoms with Crippen molar-refractivity contribution in [3.8, 4) is 5.75 Å². The second kappa shape index (κ2) is 8.72. The number of benzene rings is 1. The number of aromatic nitrogens is 3. The summed E-state index contributed by atoms with van der Waals surface area (Å²) in [7, 11) is 1.52. The number of carbonyl (C=O) groups is 2. The maximum absolute atomic E-state index is 12.1. The Morgan fingerprint density at radius 1 is 1.17 bits per heavy atom. The summed E-state index contributed by atoms with van der Waals surface area (Å²) in [6.07, 6.45) is 0.615. The first-order chi connectivity index (χ1) is 13.9. The van der Waals surface area contributed by atoms with Gasteiger partial charge in [-0.15, -0.1) is 0 Å². The van der Waals surface area contributed by atoms with Crippen molar-refractivity contribution in [2.45, 2.75) is 33.6 Å². The molecule has 0 fully saturated rings. The second-order valence-electron chi connectivity index (χ2n) is 6.73. The summed E-state index contributed by atoms with van der Waals surface area (Å²) >= 11 is 0. The highest BCUT2D eigenvalue weighted by Crippen LogP contribution is 2.22. The summed E-state index contributed by atoms with van der Waals surface area (Å²) in [5.74, 6) is -0.337. The van der Waals surface area contributed by atoms with Crippen LogP contribution in [0, 0.1) is 20.8 Å². The Morgan fingerprint density at radius 3 is 2.69 bits per heavy atom. The molecule has 0 bridgehead atoms. The monoisotopic (exact) mass is 396 g/mol. The number of para-hydroxylation sites is 2. The smallest absolute Gasteiger partial charge is 0.306 e. The first-order valence-electron chi connectivity index (χ1n) is 9.30. The van der Waals surface area contributed by atoms with Gasteiger partial charge < -0.3 is 14.8 Å². The van der Waals surface area contributed by atoms with Crippen molar-refractivity contribution >= 4 is 23.2 Å². The lowest BCUT2D eigenvalue weighted by Gasteiger charge is -2.11. The SMILES string of the molecule is COc1ccccc1NC(=O)COC(=O)CCc1c(C)nc2cc(C)nn2c1C. The van der Waals surface area contributed by atoms with Crippen LogP contribution in [-0.2, 0) is 20.7 Å². The zero-order valence-corrected chi connectivity index (χ0v) is 17.0. The van der Waals surface area contributed by atoms with Crippen LogP contribution in [0.5, 0.6) is 5.75 Å². The Balaban J connectivity index is 1.55. The maximum atomic E-state index is 12.1. The predicted octanol–water partition coefficient (Wildman–Crippen LogP) is 2.78. The van der Waals surface area contributed by atoms with Gasteiger partial charge in [0.25, 0.3) is 5.91 Å². The van der Waals surface area contributed by atoms with Gasteiger partial charge in [0.15, 0.2) is 12.3 Å². The average molecular weight is 396 g/mol. The first-order valence-corrected chi connectivity index (χ1v) is 9.30. The normalized spacial score (nSPS) is 10.8. The van der Waals surface area contributed by atoms with E-state index in [1.54, 1.807) is 28.8 Å². The van der Waals surface area contributed by atoms with Gasteiger partial charge in [-0.3, -0.25) is 9.59 Å². The van der Waals surface area contributed by atoms with Gasteiger partial charge in [0.05, 0.1) is 18.5 Å². The third-order valence-electron chi connectivity index (χ3n) is 4.61. The Hall–Kier alpha value is -3.42. The molecule has 0 aliphatic rings. The Morgan fingerprint density at radius 2 is 1.93 bits per heavy atom. The lowest BCUT2D eigenvalue weighted by atomic mass is 10.1. The van der Waals surface area contributed by atoms with Crippen molar-refractivity contribution in [3.05, 3.63) is 53.0 Å². The van der Waals surface area contributed by atoms with Gasteiger partial charge in [0.2, 0.25) is 0 Å². The third-order valence-corrected chi connectivity index (χ3v) is 4.61. The minimum Gasteiger partial charge on any atom is -0.495 e. The molecular formula is C21H24N4O4. The number of rotatable bonds is 7. The van der Waals surface area contributed by atoms with Crippen LogP contribution in [-0.4, -0.2) is 40.2 Å². The molecule has 0 aliphatic heterocycles. The Bertz CT molecular complexity index is 1060. The molecule has 0 spiro atoms. The van der Waals surface area contributed by atoms with Crippen LogP contribution in [0.4, 0.5) is 5.69 Å². The molecule has 0 saturated heterocycles. The van der Waals surface area contributed by atoms with E-state index in [0.29, 0.717) is 17.9 Å². The minimum atomic E-state index is -0.448. The number of fused-ring (bicyclic) bond motifs is 1. The molecule has 1 amide bonds. The average Bonchev–Trinajstić information content (AvgIpc) is 3.07. The lowest BCUT2D eigenvalue weighted by molar-refractivity contribution is -0.147. The van der Waals surface area contributed by atoms with E-state index in [1.165, 1.54) is 7.11 Å². The number of hydrogen-bond acceptors (Lipinski definition) is 6. The summed E-state index contributed by atoms with van der Waals surface area (Å²) in [5.41, 5.74) is 4.96. The number of nitrogens with zero attached hydrogens (tertiary/aromatic N) is 3. The first kappa shape index (κ1) is 20.3. The van der Waals surface area contributed by atoms with Crippen molar-refractivity contribution in [3.63, 3.8) is 0 Å². The third kappa shape index (κ3) is 4.71. The molecule has 2 heterocycles. The Kier molecular flexibility index (Phi) is 6.11. The summed E-state index contributed by atoms with van der Waals surface area (Å²) in [4.78, 5) is 28.7.